The second kappa shape index (κ2) is 9.08. The van der Waals surface area contributed by atoms with Gasteiger partial charge in [-0.15, -0.1) is 0 Å². The molecule has 0 saturated heterocycles. The van der Waals surface area contributed by atoms with Crippen LogP contribution in [0.3, 0.4) is 0 Å². The van der Waals surface area contributed by atoms with E-state index in [-0.39, 0.29) is 0 Å². The van der Waals surface area contributed by atoms with Crippen LogP contribution in [-0.4, -0.2) is 48.2 Å². The fourth-order valence-electron chi connectivity index (χ4n) is 2.72. The lowest BCUT2D eigenvalue weighted by Gasteiger charge is -2.20. The van der Waals surface area contributed by atoms with Gasteiger partial charge in [-0.2, -0.15) is 0 Å². The van der Waals surface area contributed by atoms with E-state index in [4.69, 9.17) is 9.47 Å². The minimum Gasteiger partial charge on any atom is -0.409 e. The second-order valence-electron chi connectivity index (χ2n) is 5.69. The Morgan fingerprint density at radius 1 is 0.731 bits per heavy atom. The number of rotatable bonds is 6. The smallest absolute Gasteiger partial charge is 0.409 e. The Balaban J connectivity index is 2.40. The normalized spacial score (nSPS) is 10.5. The zero-order valence-electron chi connectivity index (χ0n) is 15.8. The summed E-state index contributed by atoms with van der Waals surface area (Å²) in [5, 5.41) is 1.44. The van der Waals surface area contributed by atoms with Crippen molar-refractivity contribution in [3.63, 3.8) is 0 Å². The van der Waals surface area contributed by atoms with Crippen molar-refractivity contribution in [2.24, 2.45) is 0 Å². The lowest BCUT2D eigenvalue weighted by molar-refractivity contribution is 0.157. The number of hydrogen-bond donors (Lipinski definition) is 0. The van der Waals surface area contributed by atoms with Crippen molar-refractivity contribution in [3.8, 4) is 11.5 Å². The largest absolute Gasteiger partial charge is 0.415 e. The molecule has 0 aliphatic rings. The van der Waals surface area contributed by atoms with Crippen molar-refractivity contribution in [2.45, 2.75) is 27.7 Å². The highest BCUT2D eigenvalue weighted by molar-refractivity contribution is 5.96. The second-order valence-corrected chi connectivity index (χ2v) is 5.69. The summed E-state index contributed by atoms with van der Waals surface area (Å²) in [6, 6.07) is 10.8. The molecule has 6 heteroatoms. The molecule has 0 radical (unpaired) electrons. The minimum atomic E-state index is -0.424. The molecule has 2 amide bonds. The summed E-state index contributed by atoms with van der Waals surface area (Å²) in [6.45, 7) is 9.81. The molecule has 2 aromatic carbocycles. The van der Waals surface area contributed by atoms with Crippen molar-refractivity contribution in [1.29, 1.82) is 0 Å². The van der Waals surface area contributed by atoms with Crippen LogP contribution < -0.4 is 9.47 Å². The van der Waals surface area contributed by atoms with E-state index in [0.717, 1.165) is 5.39 Å². The molecule has 140 valence electrons. The average Bonchev–Trinajstić information content (AvgIpc) is 2.64. The third-order valence-corrected chi connectivity index (χ3v) is 4.27. The number of carbonyl (C=O) groups excluding carboxylic acids is 2. The molecule has 0 atom stereocenters. The first-order valence-electron chi connectivity index (χ1n) is 9.00. The lowest BCUT2D eigenvalue weighted by Crippen LogP contribution is -2.33. The third-order valence-electron chi connectivity index (χ3n) is 4.27. The minimum absolute atomic E-state index is 0.377. The first-order chi connectivity index (χ1) is 12.5. The van der Waals surface area contributed by atoms with Gasteiger partial charge in [0.25, 0.3) is 0 Å². The Labute approximate surface area is 154 Å². The van der Waals surface area contributed by atoms with Crippen molar-refractivity contribution in [2.75, 3.05) is 26.2 Å². The van der Waals surface area contributed by atoms with E-state index in [1.165, 1.54) is 0 Å². The molecule has 2 aromatic rings. The van der Waals surface area contributed by atoms with Gasteiger partial charge >= 0.3 is 12.2 Å². The van der Waals surface area contributed by atoms with Gasteiger partial charge in [0.05, 0.1) is 5.39 Å². The summed E-state index contributed by atoms with van der Waals surface area (Å²) in [6.07, 6.45) is -0.847. The number of carbonyl (C=O) groups is 2. The molecule has 0 aliphatic heterocycles. The van der Waals surface area contributed by atoms with Crippen LogP contribution in [0.2, 0.25) is 0 Å². The predicted molar refractivity (Wildman–Crippen MR) is 102 cm³/mol. The fraction of sp³-hybridized carbons (Fsp3) is 0.400. The Morgan fingerprint density at radius 2 is 1.12 bits per heavy atom. The van der Waals surface area contributed by atoms with Crippen LogP contribution >= 0.6 is 0 Å². The Morgan fingerprint density at radius 3 is 1.46 bits per heavy atom. The van der Waals surface area contributed by atoms with E-state index in [0.29, 0.717) is 43.1 Å². The van der Waals surface area contributed by atoms with Crippen LogP contribution in [0.1, 0.15) is 27.7 Å². The topological polar surface area (TPSA) is 59.1 Å². The van der Waals surface area contributed by atoms with Gasteiger partial charge in [0, 0.05) is 26.2 Å². The highest BCUT2D eigenvalue weighted by atomic mass is 16.6. The molecule has 0 aliphatic carbocycles. The van der Waals surface area contributed by atoms with Crippen LogP contribution in [0.4, 0.5) is 9.59 Å². The molecule has 26 heavy (non-hydrogen) atoms. The summed E-state index contributed by atoms with van der Waals surface area (Å²) in [5.74, 6) is 0.754. The maximum atomic E-state index is 12.3. The van der Waals surface area contributed by atoms with Crippen molar-refractivity contribution in [1.82, 2.24) is 9.80 Å². The van der Waals surface area contributed by atoms with Crippen LogP contribution in [0, 0.1) is 0 Å². The standard InChI is InChI=1S/C20H26N2O4/c1-5-21(6-2)19(23)25-16-13-9-11-15-12-10-14-17(18(15)16)26-20(24)22(7-3)8-4/h9-14H,5-8H2,1-4H3. The molecule has 0 heterocycles. The van der Waals surface area contributed by atoms with E-state index < -0.39 is 12.2 Å². The Bertz CT molecular complexity index is 707. The molecular weight excluding hydrogens is 332 g/mol. The van der Waals surface area contributed by atoms with Gasteiger partial charge in [-0.25, -0.2) is 9.59 Å². The average molecular weight is 358 g/mol. The third kappa shape index (κ3) is 4.25. The van der Waals surface area contributed by atoms with Crippen LogP contribution in [-0.2, 0) is 0 Å². The maximum absolute atomic E-state index is 12.3. The maximum Gasteiger partial charge on any atom is 0.415 e. The van der Waals surface area contributed by atoms with Crippen LogP contribution in [0.5, 0.6) is 11.5 Å². The lowest BCUT2D eigenvalue weighted by atomic mass is 10.1. The Kier molecular flexibility index (Phi) is 6.83. The molecule has 0 aromatic heterocycles. The summed E-state index contributed by atoms with van der Waals surface area (Å²) in [4.78, 5) is 27.9. The van der Waals surface area contributed by atoms with Gasteiger partial charge in [0.1, 0.15) is 11.5 Å². The summed E-state index contributed by atoms with van der Waals surface area (Å²) in [5.41, 5.74) is 0. The summed E-state index contributed by atoms with van der Waals surface area (Å²) in [7, 11) is 0. The fourth-order valence-corrected chi connectivity index (χ4v) is 2.72. The zero-order chi connectivity index (χ0) is 19.1. The molecule has 0 bridgehead atoms. The van der Waals surface area contributed by atoms with Gasteiger partial charge < -0.3 is 19.3 Å². The number of hydrogen-bond acceptors (Lipinski definition) is 4. The molecule has 2 rings (SSSR count). The zero-order valence-corrected chi connectivity index (χ0v) is 15.8. The van der Waals surface area contributed by atoms with E-state index in [2.05, 4.69) is 0 Å². The van der Waals surface area contributed by atoms with Crippen LogP contribution in [0.15, 0.2) is 36.4 Å². The van der Waals surface area contributed by atoms with Crippen molar-refractivity contribution >= 4 is 23.0 Å². The highest BCUT2D eigenvalue weighted by Crippen LogP contribution is 2.34. The molecule has 0 unspecified atom stereocenters. The molecule has 0 fully saturated rings. The van der Waals surface area contributed by atoms with E-state index in [9.17, 15) is 9.59 Å². The first-order valence-corrected chi connectivity index (χ1v) is 9.00. The quantitative estimate of drug-likeness (QED) is 0.762. The monoisotopic (exact) mass is 358 g/mol. The number of fused-ring (bicyclic) bond motifs is 1. The van der Waals surface area contributed by atoms with Gasteiger partial charge in [0.2, 0.25) is 0 Å². The van der Waals surface area contributed by atoms with Crippen molar-refractivity contribution < 1.29 is 19.1 Å². The predicted octanol–water partition coefficient (Wildman–Crippen LogP) is 4.52. The highest BCUT2D eigenvalue weighted by Gasteiger charge is 2.18. The summed E-state index contributed by atoms with van der Waals surface area (Å²) < 4.78 is 11.2. The molecule has 0 N–H and O–H groups in total. The number of nitrogens with zero attached hydrogens (tertiary/aromatic N) is 2. The van der Waals surface area contributed by atoms with Gasteiger partial charge in [-0.1, -0.05) is 24.3 Å². The van der Waals surface area contributed by atoms with E-state index in [1.54, 1.807) is 21.9 Å². The van der Waals surface area contributed by atoms with Crippen molar-refractivity contribution in [3.05, 3.63) is 36.4 Å². The SMILES string of the molecule is CCN(CC)C(=O)Oc1cccc2cccc(OC(=O)N(CC)CC)c12. The Hall–Kier alpha value is -2.76. The van der Waals surface area contributed by atoms with E-state index >= 15 is 0 Å². The van der Waals surface area contributed by atoms with Gasteiger partial charge in [0.15, 0.2) is 0 Å². The first kappa shape index (κ1) is 19.6. The van der Waals surface area contributed by atoms with Gasteiger partial charge in [-0.05, 0) is 45.2 Å². The molecule has 0 saturated carbocycles. The van der Waals surface area contributed by atoms with Crippen LogP contribution in [0.25, 0.3) is 10.8 Å². The van der Waals surface area contributed by atoms with E-state index in [1.807, 2.05) is 52.0 Å². The van der Waals surface area contributed by atoms with Gasteiger partial charge in [-0.3, -0.25) is 0 Å². The molecular formula is C20H26N2O4. The molecule has 6 nitrogen and oxygen atoms in total. The number of ether oxygens (including phenoxy) is 2. The number of benzene rings is 2. The number of amides is 2. The molecule has 0 spiro atoms. The summed E-state index contributed by atoms with van der Waals surface area (Å²) >= 11 is 0.